The Morgan fingerprint density at radius 3 is 2.97 bits per heavy atom. The Morgan fingerprint density at radius 2 is 2.17 bits per heavy atom. The first-order chi connectivity index (χ1) is 14.1. The molecule has 0 atom stereocenters. The summed E-state index contributed by atoms with van der Waals surface area (Å²) in [5.41, 5.74) is 2.83. The van der Waals surface area contributed by atoms with Gasteiger partial charge in [-0.1, -0.05) is 6.07 Å². The molecule has 1 aliphatic heterocycles. The Hall–Kier alpha value is -3.00. The van der Waals surface area contributed by atoms with Crippen molar-refractivity contribution in [1.82, 2.24) is 20.8 Å². The minimum atomic E-state index is -0.0155. The number of nitrogens with one attached hydrogen (secondary N) is 2. The van der Waals surface area contributed by atoms with E-state index in [0.29, 0.717) is 24.7 Å². The highest BCUT2D eigenvalue weighted by Crippen LogP contribution is 2.39. The van der Waals surface area contributed by atoms with Crippen molar-refractivity contribution in [3.8, 4) is 10.4 Å². The molecule has 0 bridgehead atoms. The molecule has 148 valence electrons. The molecule has 2 fully saturated rings. The number of rotatable bonds is 4. The lowest BCUT2D eigenvalue weighted by Crippen LogP contribution is -2.48. The minimum Gasteiger partial charge on any atom is -0.353 e. The van der Waals surface area contributed by atoms with Gasteiger partial charge in [0.1, 0.15) is 0 Å². The van der Waals surface area contributed by atoms with E-state index in [4.69, 9.17) is 0 Å². The molecule has 0 unspecified atom stereocenters. The molecule has 5 rings (SSSR count). The molecule has 2 aromatic heterocycles. The molecule has 3 heterocycles. The number of hydrogen-bond acceptors (Lipinski definition) is 6. The van der Waals surface area contributed by atoms with E-state index in [1.807, 2.05) is 23.1 Å². The maximum Gasteiger partial charge on any atom is 0.251 e. The van der Waals surface area contributed by atoms with Crippen molar-refractivity contribution < 1.29 is 9.59 Å². The van der Waals surface area contributed by atoms with Gasteiger partial charge in [-0.05, 0) is 49.1 Å². The normalized spacial score (nSPS) is 16.7. The first kappa shape index (κ1) is 18.1. The number of fused-ring (bicyclic) bond motifs is 1. The van der Waals surface area contributed by atoms with Crippen molar-refractivity contribution in [2.24, 2.45) is 0 Å². The fourth-order valence-corrected chi connectivity index (χ4v) is 4.78. The van der Waals surface area contributed by atoms with Gasteiger partial charge in [-0.15, -0.1) is 16.4 Å². The summed E-state index contributed by atoms with van der Waals surface area (Å²) in [6.45, 7) is 3.65. The quantitative estimate of drug-likeness (QED) is 0.694. The monoisotopic (exact) mass is 407 g/mol. The van der Waals surface area contributed by atoms with Gasteiger partial charge >= 0.3 is 0 Å². The summed E-state index contributed by atoms with van der Waals surface area (Å²) in [5.74, 6) is 0.726. The molecule has 1 aromatic carbocycles. The van der Waals surface area contributed by atoms with E-state index in [9.17, 15) is 9.59 Å². The van der Waals surface area contributed by atoms with Gasteiger partial charge < -0.3 is 15.5 Å². The van der Waals surface area contributed by atoms with Crippen LogP contribution in [-0.2, 0) is 4.79 Å². The third-order valence-corrected chi connectivity index (χ3v) is 6.51. The molecule has 1 saturated carbocycles. The summed E-state index contributed by atoms with van der Waals surface area (Å²) in [7, 11) is 0. The van der Waals surface area contributed by atoms with Crippen LogP contribution in [0.3, 0.4) is 0 Å². The zero-order valence-corrected chi connectivity index (χ0v) is 16.9. The van der Waals surface area contributed by atoms with Crippen molar-refractivity contribution in [2.45, 2.75) is 25.8 Å². The van der Waals surface area contributed by atoms with Crippen LogP contribution in [0.4, 0.5) is 5.82 Å². The van der Waals surface area contributed by atoms with Gasteiger partial charge in [0.15, 0.2) is 5.82 Å². The zero-order chi connectivity index (χ0) is 20.0. The van der Waals surface area contributed by atoms with E-state index < -0.39 is 0 Å². The van der Waals surface area contributed by atoms with E-state index in [-0.39, 0.29) is 18.4 Å². The van der Waals surface area contributed by atoms with Gasteiger partial charge in [0.2, 0.25) is 5.91 Å². The van der Waals surface area contributed by atoms with Gasteiger partial charge in [-0.25, -0.2) is 0 Å². The number of hydrogen-bond donors (Lipinski definition) is 2. The predicted molar refractivity (Wildman–Crippen MR) is 113 cm³/mol. The Bertz CT molecular complexity index is 1120. The van der Waals surface area contributed by atoms with Gasteiger partial charge in [0.25, 0.3) is 5.91 Å². The Kier molecular flexibility index (Phi) is 4.43. The fourth-order valence-electron chi connectivity index (χ4n) is 3.55. The van der Waals surface area contributed by atoms with Crippen LogP contribution in [0, 0.1) is 6.92 Å². The number of piperazine rings is 1. The fraction of sp³-hybridized carbons (Fsp3) is 0.333. The van der Waals surface area contributed by atoms with E-state index >= 15 is 0 Å². The van der Waals surface area contributed by atoms with E-state index in [1.54, 1.807) is 17.5 Å². The number of benzene rings is 1. The second kappa shape index (κ2) is 7.11. The van der Waals surface area contributed by atoms with Crippen molar-refractivity contribution in [2.75, 3.05) is 24.5 Å². The highest BCUT2D eigenvalue weighted by molar-refractivity contribution is 7.22. The lowest BCUT2D eigenvalue weighted by Gasteiger charge is -2.27. The Morgan fingerprint density at radius 1 is 1.31 bits per heavy atom. The van der Waals surface area contributed by atoms with Crippen LogP contribution in [0.25, 0.3) is 20.5 Å². The SMILES string of the molecule is Cc1ccc(C(=O)NC2CC2)cc1-c1cc2cnnc(N3CCNC(=O)C3)c2s1. The molecule has 2 N–H and O–H groups in total. The van der Waals surface area contributed by atoms with Gasteiger partial charge in [0.05, 0.1) is 17.4 Å². The number of aryl methyl sites for hydroxylation is 1. The Labute approximate surface area is 172 Å². The summed E-state index contributed by atoms with van der Waals surface area (Å²) in [6, 6.07) is 8.26. The van der Waals surface area contributed by atoms with Crippen molar-refractivity contribution in [3.63, 3.8) is 0 Å². The number of carbonyl (C=O) groups is 2. The average Bonchev–Trinajstić information content (AvgIpc) is 3.42. The third-order valence-electron chi connectivity index (χ3n) is 5.33. The second-order valence-electron chi connectivity index (χ2n) is 7.61. The van der Waals surface area contributed by atoms with Gasteiger partial charge in [-0.3, -0.25) is 9.59 Å². The maximum absolute atomic E-state index is 12.5. The van der Waals surface area contributed by atoms with Crippen LogP contribution in [0.1, 0.15) is 28.8 Å². The molecule has 0 radical (unpaired) electrons. The maximum atomic E-state index is 12.5. The van der Waals surface area contributed by atoms with Crippen LogP contribution in [0.15, 0.2) is 30.5 Å². The first-order valence-electron chi connectivity index (χ1n) is 9.77. The van der Waals surface area contributed by atoms with Crippen molar-refractivity contribution >= 4 is 39.1 Å². The standard InChI is InChI=1S/C21H21N5O2S/c1-12-2-3-13(21(28)24-15-4-5-15)8-16(12)17-9-14-10-23-25-20(19(14)29-17)26-7-6-22-18(27)11-26/h2-3,8-10,15H,4-7,11H2,1H3,(H,22,27)(H,24,28). The summed E-state index contributed by atoms with van der Waals surface area (Å²) in [5, 5.41) is 15.4. The number of amides is 2. The molecule has 8 heteroatoms. The topological polar surface area (TPSA) is 87.2 Å². The number of aromatic nitrogens is 2. The molecular formula is C21H21N5O2S. The molecule has 7 nitrogen and oxygen atoms in total. The van der Waals surface area contributed by atoms with E-state index in [2.05, 4.69) is 33.8 Å². The van der Waals surface area contributed by atoms with E-state index in [1.165, 1.54) is 0 Å². The van der Waals surface area contributed by atoms with Crippen LogP contribution < -0.4 is 15.5 Å². The predicted octanol–water partition coefficient (Wildman–Crippen LogP) is 2.50. The highest BCUT2D eigenvalue weighted by atomic mass is 32.1. The smallest absolute Gasteiger partial charge is 0.251 e. The number of nitrogens with zero attached hydrogens (tertiary/aromatic N) is 3. The number of thiophene rings is 1. The van der Waals surface area contributed by atoms with Gasteiger partial charge in [-0.2, -0.15) is 5.10 Å². The molecule has 29 heavy (non-hydrogen) atoms. The van der Waals surface area contributed by atoms with Crippen LogP contribution in [0.2, 0.25) is 0 Å². The number of anilines is 1. The van der Waals surface area contributed by atoms with Crippen LogP contribution in [0.5, 0.6) is 0 Å². The Balaban J connectivity index is 1.53. The molecule has 3 aromatic rings. The molecule has 1 aliphatic carbocycles. The summed E-state index contributed by atoms with van der Waals surface area (Å²) >= 11 is 1.63. The van der Waals surface area contributed by atoms with Crippen LogP contribution >= 0.6 is 11.3 Å². The first-order valence-corrected chi connectivity index (χ1v) is 10.6. The third kappa shape index (κ3) is 3.55. The van der Waals surface area contributed by atoms with Crippen LogP contribution in [-0.4, -0.2) is 47.7 Å². The minimum absolute atomic E-state index is 0.00273. The van der Waals surface area contributed by atoms with Crippen molar-refractivity contribution in [3.05, 3.63) is 41.6 Å². The molecule has 0 spiro atoms. The summed E-state index contributed by atoms with van der Waals surface area (Å²) in [4.78, 5) is 27.3. The lowest BCUT2D eigenvalue weighted by molar-refractivity contribution is -0.120. The molecular weight excluding hydrogens is 386 g/mol. The second-order valence-corrected chi connectivity index (χ2v) is 8.66. The zero-order valence-electron chi connectivity index (χ0n) is 16.1. The van der Waals surface area contributed by atoms with Gasteiger partial charge in [0, 0.05) is 35.0 Å². The molecule has 2 aliphatic rings. The summed E-state index contributed by atoms with van der Waals surface area (Å²) < 4.78 is 1.01. The average molecular weight is 407 g/mol. The highest BCUT2D eigenvalue weighted by Gasteiger charge is 2.25. The van der Waals surface area contributed by atoms with Crippen molar-refractivity contribution in [1.29, 1.82) is 0 Å². The lowest BCUT2D eigenvalue weighted by atomic mass is 10.0. The molecule has 2 amide bonds. The molecule has 1 saturated heterocycles. The number of carbonyl (C=O) groups excluding carboxylic acids is 2. The van der Waals surface area contributed by atoms with E-state index in [0.717, 1.165) is 44.7 Å². The largest absolute Gasteiger partial charge is 0.353 e. The summed E-state index contributed by atoms with van der Waals surface area (Å²) in [6.07, 6.45) is 3.89.